The third-order valence-electron chi connectivity index (χ3n) is 7.14. The van der Waals surface area contributed by atoms with Crippen LogP contribution in [-0.2, 0) is 5.41 Å². The van der Waals surface area contributed by atoms with Crippen molar-refractivity contribution in [1.82, 2.24) is 19.3 Å². The highest BCUT2D eigenvalue weighted by Gasteiger charge is 2.23. The number of piperidine rings is 1. The van der Waals surface area contributed by atoms with Gasteiger partial charge in [0.25, 0.3) is 0 Å². The zero-order valence-electron chi connectivity index (χ0n) is 21.5. The average molecular weight is 491 g/mol. The van der Waals surface area contributed by atoms with Crippen LogP contribution in [0.5, 0.6) is 5.75 Å². The van der Waals surface area contributed by atoms with E-state index >= 15 is 0 Å². The Labute approximate surface area is 217 Å². The molecular weight excluding hydrogens is 460 g/mol. The monoisotopic (exact) mass is 490 g/mol. The quantitative estimate of drug-likeness (QED) is 0.357. The van der Waals surface area contributed by atoms with E-state index in [4.69, 9.17) is 4.74 Å². The summed E-state index contributed by atoms with van der Waals surface area (Å²) in [6, 6.07) is 18.1. The molecule has 3 aromatic heterocycles. The fourth-order valence-electron chi connectivity index (χ4n) is 4.99. The molecule has 1 aliphatic rings. The molecule has 0 unspecified atom stereocenters. The van der Waals surface area contributed by atoms with E-state index in [1.807, 2.05) is 67.0 Å². The van der Waals surface area contributed by atoms with Gasteiger partial charge in [0.1, 0.15) is 11.3 Å². The molecule has 0 saturated carbocycles. The highest BCUT2D eigenvalue weighted by atomic mass is 16.5. The Kier molecular flexibility index (Phi) is 6.65. The number of hydrogen-bond acceptors (Lipinski definition) is 6. The van der Waals surface area contributed by atoms with Crippen LogP contribution in [-0.4, -0.2) is 46.0 Å². The van der Waals surface area contributed by atoms with E-state index in [0.29, 0.717) is 18.1 Å². The number of nitriles is 2. The summed E-state index contributed by atoms with van der Waals surface area (Å²) >= 11 is 0. The summed E-state index contributed by atoms with van der Waals surface area (Å²) < 4.78 is 8.49. The molecule has 186 valence electrons. The minimum absolute atomic E-state index is 0.486. The van der Waals surface area contributed by atoms with Gasteiger partial charge in [-0.05, 0) is 76.2 Å². The van der Waals surface area contributed by atoms with Crippen molar-refractivity contribution in [3.63, 3.8) is 0 Å². The number of imidazole rings is 1. The fraction of sp³-hybridized carbons (Fsp3) is 0.333. The van der Waals surface area contributed by atoms with E-state index in [0.717, 1.165) is 58.9 Å². The predicted molar refractivity (Wildman–Crippen MR) is 143 cm³/mol. The maximum atomic E-state index is 9.53. The Hall–Kier alpha value is -4.20. The second-order valence-electron chi connectivity index (χ2n) is 10.4. The van der Waals surface area contributed by atoms with Crippen molar-refractivity contribution in [3.8, 4) is 40.3 Å². The first-order valence-corrected chi connectivity index (χ1v) is 12.6. The van der Waals surface area contributed by atoms with Gasteiger partial charge in [-0.25, -0.2) is 4.98 Å². The third-order valence-corrected chi connectivity index (χ3v) is 7.14. The smallest absolute Gasteiger partial charge is 0.145 e. The average Bonchev–Trinajstić information content (AvgIpc) is 3.42. The summed E-state index contributed by atoms with van der Waals surface area (Å²) in [6.45, 7) is 6.55. The van der Waals surface area contributed by atoms with E-state index < -0.39 is 5.41 Å². The Balaban J connectivity index is 1.61. The lowest BCUT2D eigenvalue weighted by molar-refractivity contribution is 0.151. The van der Waals surface area contributed by atoms with Crippen molar-refractivity contribution in [2.45, 2.75) is 32.1 Å². The SMILES string of the molecule is CN1CCC[C@@H](COc2cc(-c3ccc(C#N)cc3)c(-c3ccc(C(C)(C)C#N)nc3)n3cncc23)C1. The van der Waals surface area contributed by atoms with Crippen molar-refractivity contribution < 1.29 is 4.74 Å². The summed E-state index contributed by atoms with van der Waals surface area (Å²) in [6.07, 6.45) is 7.79. The number of aromatic nitrogens is 3. The van der Waals surface area contributed by atoms with Crippen molar-refractivity contribution in [1.29, 1.82) is 10.5 Å². The van der Waals surface area contributed by atoms with Crippen LogP contribution >= 0.6 is 0 Å². The van der Waals surface area contributed by atoms with Gasteiger partial charge < -0.3 is 9.64 Å². The van der Waals surface area contributed by atoms with Gasteiger partial charge in [0.05, 0.1) is 53.6 Å². The van der Waals surface area contributed by atoms with Crippen LogP contribution in [0.4, 0.5) is 0 Å². The number of ether oxygens (including phenoxy) is 1. The Morgan fingerprint density at radius 1 is 1.08 bits per heavy atom. The molecule has 0 N–H and O–H groups in total. The van der Waals surface area contributed by atoms with Crippen molar-refractivity contribution in [3.05, 3.63) is 72.4 Å². The molecule has 4 heterocycles. The Bertz CT molecular complexity index is 1490. The van der Waals surface area contributed by atoms with E-state index in [1.54, 1.807) is 6.33 Å². The van der Waals surface area contributed by atoms with Gasteiger partial charge in [-0.2, -0.15) is 10.5 Å². The molecule has 0 aliphatic carbocycles. The largest absolute Gasteiger partial charge is 0.491 e. The zero-order chi connectivity index (χ0) is 26.0. The number of benzene rings is 1. The normalized spacial score (nSPS) is 16.3. The van der Waals surface area contributed by atoms with E-state index in [2.05, 4.69) is 40.1 Å². The lowest BCUT2D eigenvalue weighted by Crippen LogP contribution is -2.34. The number of hydrogen-bond donors (Lipinski definition) is 0. The molecule has 1 fully saturated rings. The van der Waals surface area contributed by atoms with E-state index in [9.17, 15) is 10.5 Å². The molecule has 5 rings (SSSR count). The number of rotatable bonds is 6. The topological polar surface area (TPSA) is 90.2 Å². The molecule has 4 aromatic rings. The highest BCUT2D eigenvalue weighted by molar-refractivity contribution is 5.86. The van der Waals surface area contributed by atoms with Crippen molar-refractivity contribution >= 4 is 5.52 Å². The molecule has 0 spiro atoms. The lowest BCUT2D eigenvalue weighted by atomic mass is 9.90. The Morgan fingerprint density at radius 2 is 1.86 bits per heavy atom. The van der Waals surface area contributed by atoms with E-state index in [1.165, 1.54) is 6.42 Å². The van der Waals surface area contributed by atoms with Gasteiger partial charge in [-0.15, -0.1) is 0 Å². The molecule has 1 aliphatic heterocycles. The van der Waals surface area contributed by atoms with Crippen LogP contribution < -0.4 is 4.74 Å². The molecule has 1 saturated heterocycles. The molecule has 1 atom stereocenters. The predicted octanol–water partition coefficient (Wildman–Crippen LogP) is 5.46. The minimum atomic E-state index is -0.677. The van der Waals surface area contributed by atoms with Crippen LogP contribution in [0.2, 0.25) is 0 Å². The second kappa shape index (κ2) is 10.0. The molecule has 0 bridgehead atoms. The molecule has 37 heavy (non-hydrogen) atoms. The van der Waals surface area contributed by atoms with E-state index in [-0.39, 0.29) is 0 Å². The molecular formula is C30H30N6O. The van der Waals surface area contributed by atoms with Crippen molar-refractivity contribution in [2.24, 2.45) is 5.92 Å². The number of likely N-dealkylation sites (tertiary alicyclic amines) is 1. The maximum Gasteiger partial charge on any atom is 0.145 e. The standard InChI is InChI=1S/C30H30N6O/c1-30(2,19-32)28-11-10-24(15-34-28)29-25(23-8-6-21(14-31)7-9-23)13-27(26-16-33-20-36(26)29)37-18-22-5-4-12-35(3)17-22/h6-11,13,15-16,20,22H,4-5,12,17-18H2,1-3H3/t22-/m1/s1. The van der Waals surface area contributed by atoms with Crippen LogP contribution in [0.25, 0.3) is 27.9 Å². The maximum absolute atomic E-state index is 9.53. The third kappa shape index (κ3) is 4.91. The first-order valence-electron chi connectivity index (χ1n) is 12.6. The summed E-state index contributed by atoms with van der Waals surface area (Å²) in [4.78, 5) is 11.5. The lowest BCUT2D eigenvalue weighted by Gasteiger charge is -2.29. The van der Waals surface area contributed by atoms with Crippen LogP contribution in [0, 0.1) is 28.6 Å². The first-order chi connectivity index (χ1) is 17.9. The minimum Gasteiger partial charge on any atom is -0.491 e. The number of nitrogens with zero attached hydrogens (tertiary/aromatic N) is 6. The van der Waals surface area contributed by atoms with Crippen LogP contribution in [0.3, 0.4) is 0 Å². The van der Waals surface area contributed by atoms with Crippen LogP contribution in [0.15, 0.2) is 61.2 Å². The number of pyridine rings is 2. The summed E-state index contributed by atoms with van der Waals surface area (Å²) in [7, 11) is 2.16. The summed E-state index contributed by atoms with van der Waals surface area (Å²) in [5, 5.41) is 18.8. The fourth-order valence-corrected chi connectivity index (χ4v) is 4.99. The zero-order valence-corrected chi connectivity index (χ0v) is 21.5. The second-order valence-corrected chi connectivity index (χ2v) is 10.4. The first kappa shape index (κ1) is 24.5. The molecule has 7 heteroatoms. The number of fused-ring (bicyclic) bond motifs is 1. The van der Waals surface area contributed by atoms with Gasteiger partial charge >= 0.3 is 0 Å². The molecule has 1 aromatic carbocycles. The molecule has 7 nitrogen and oxygen atoms in total. The van der Waals surface area contributed by atoms with Gasteiger partial charge in [0.15, 0.2) is 0 Å². The highest BCUT2D eigenvalue weighted by Crippen LogP contribution is 2.38. The van der Waals surface area contributed by atoms with Crippen LogP contribution in [0.1, 0.15) is 37.9 Å². The molecule has 0 amide bonds. The van der Waals surface area contributed by atoms with Crippen molar-refractivity contribution in [2.75, 3.05) is 26.7 Å². The van der Waals surface area contributed by atoms with Gasteiger partial charge in [0.2, 0.25) is 0 Å². The molecule has 0 radical (unpaired) electrons. The van der Waals surface area contributed by atoms with Gasteiger partial charge in [-0.1, -0.05) is 12.1 Å². The summed E-state index contributed by atoms with van der Waals surface area (Å²) in [5.41, 5.74) is 5.29. The Morgan fingerprint density at radius 3 is 2.54 bits per heavy atom. The van der Waals surface area contributed by atoms with Gasteiger partial charge in [-0.3, -0.25) is 9.38 Å². The van der Waals surface area contributed by atoms with Gasteiger partial charge in [0, 0.05) is 29.8 Å². The summed E-state index contributed by atoms with van der Waals surface area (Å²) in [5.74, 6) is 1.27.